The normalized spacial score (nSPS) is 16.1. The number of amides is 1. The molecule has 1 aliphatic heterocycles. The lowest BCUT2D eigenvalue weighted by molar-refractivity contribution is -0.212. The fourth-order valence-corrected chi connectivity index (χ4v) is 4.28. The van der Waals surface area contributed by atoms with Crippen LogP contribution in [0.4, 0.5) is 22.0 Å². The number of hydrogen-bond donors (Lipinski definition) is 1. The molecule has 1 amide bonds. The van der Waals surface area contributed by atoms with E-state index >= 15 is 0 Å². The third-order valence-electron chi connectivity index (χ3n) is 5.93. The van der Waals surface area contributed by atoms with Crippen molar-refractivity contribution in [2.45, 2.75) is 25.2 Å². The Morgan fingerprint density at radius 1 is 1.16 bits per heavy atom. The molecule has 0 bridgehead atoms. The van der Waals surface area contributed by atoms with Crippen LogP contribution in [0.2, 0.25) is 0 Å². The lowest BCUT2D eigenvalue weighted by atomic mass is 9.99. The van der Waals surface area contributed by atoms with Gasteiger partial charge in [-0.25, -0.2) is 18.3 Å². The molecular formula is C21H14F5N9O2. The van der Waals surface area contributed by atoms with Crippen molar-refractivity contribution in [2.24, 2.45) is 0 Å². The number of H-pyrrole nitrogens is 1. The predicted octanol–water partition coefficient (Wildman–Crippen LogP) is 3.51. The molecule has 1 N–H and O–H groups in total. The molecule has 6 heterocycles. The molecule has 1 unspecified atom stereocenters. The molecule has 11 nitrogen and oxygen atoms in total. The van der Waals surface area contributed by atoms with E-state index < -0.39 is 30.6 Å². The summed E-state index contributed by atoms with van der Waals surface area (Å²) in [6.45, 7) is 0.161. The minimum absolute atomic E-state index is 0.161. The van der Waals surface area contributed by atoms with Gasteiger partial charge in [0.2, 0.25) is 0 Å². The number of fused-ring (bicyclic) bond motifs is 2. The van der Waals surface area contributed by atoms with E-state index in [9.17, 15) is 26.7 Å². The zero-order valence-corrected chi connectivity index (χ0v) is 18.4. The van der Waals surface area contributed by atoms with Gasteiger partial charge in [-0.15, -0.1) is 23.4 Å². The number of halogens is 5. The third-order valence-corrected chi connectivity index (χ3v) is 5.93. The van der Waals surface area contributed by atoms with E-state index in [2.05, 4.69) is 30.4 Å². The van der Waals surface area contributed by atoms with Crippen LogP contribution >= 0.6 is 0 Å². The Balaban J connectivity index is 1.37. The zero-order valence-electron chi connectivity index (χ0n) is 18.4. The summed E-state index contributed by atoms with van der Waals surface area (Å²) in [5.41, 5.74) is 1.15. The van der Waals surface area contributed by atoms with E-state index in [0.717, 1.165) is 11.8 Å². The molecule has 0 fully saturated rings. The average molecular weight is 519 g/mol. The monoisotopic (exact) mass is 519 g/mol. The van der Waals surface area contributed by atoms with Gasteiger partial charge < -0.3 is 14.3 Å². The van der Waals surface area contributed by atoms with Gasteiger partial charge in [-0.3, -0.25) is 4.79 Å². The molecule has 5 aromatic heterocycles. The van der Waals surface area contributed by atoms with Crippen molar-refractivity contribution in [3.8, 4) is 11.6 Å². The Hall–Kier alpha value is -4.63. The zero-order chi connectivity index (χ0) is 25.9. The van der Waals surface area contributed by atoms with Crippen LogP contribution in [0.5, 0.6) is 0 Å². The minimum Gasteiger partial charge on any atom is -0.411 e. The number of alkyl halides is 5. The van der Waals surface area contributed by atoms with Crippen LogP contribution in [-0.4, -0.2) is 56.9 Å². The molecule has 1 atom stereocenters. The second kappa shape index (κ2) is 8.21. The van der Waals surface area contributed by atoms with E-state index in [1.54, 1.807) is 0 Å². The van der Waals surface area contributed by atoms with Gasteiger partial charge in [-0.05, 0) is 24.3 Å². The van der Waals surface area contributed by atoms with Gasteiger partial charge in [0, 0.05) is 36.6 Å². The van der Waals surface area contributed by atoms with Crippen LogP contribution in [0, 0.1) is 0 Å². The molecular weight excluding hydrogens is 505 g/mol. The SMILES string of the molecule is O=C(c1nnc(-c2ccn(C(F)(F)F)n2)o1)N1CCc2[nH]cnc2C1c1cc2c(C(F)F)cccn2n1. The summed E-state index contributed by atoms with van der Waals surface area (Å²) < 4.78 is 72.1. The van der Waals surface area contributed by atoms with E-state index in [0.29, 0.717) is 18.3 Å². The van der Waals surface area contributed by atoms with Crippen molar-refractivity contribution in [3.63, 3.8) is 0 Å². The standard InChI is InChI=1S/C21H14F5N9O2/c22-17(23)10-2-1-5-34-14(10)8-13(31-34)16-15-11(27-9-28-15)3-6-33(16)20(36)19-30-29-18(37-19)12-4-7-35(32-12)21(24,25)26/h1-2,4-5,7-9,16-17H,3,6H2,(H,27,28). The van der Waals surface area contributed by atoms with Crippen LogP contribution in [0.15, 0.2) is 47.4 Å². The van der Waals surface area contributed by atoms with Crippen LogP contribution in [0.25, 0.3) is 17.1 Å². The van der Waals surface area contributed by atoms with E-state index in [1.165, 1.54) is 40.1 Å². The van der Waals surface area contributed by atoms with Gasteiger partial charge >= 0.3 is 18.1 Å². The number of carbonyl (C=O) groups excluding carboxylic acids is 1. The van der Waals surface area contributed by atoms with E-state index in [1.807, 2.05) is 0 Å². The summed E-state index contributed by atoms with van der Waals surface area (Å²) in [7, 11) is 0. The van der Waals surface area contributed by atoms with E-state index in [-0.39, 0.29) is 39.6 Å². The fraction of sp³-hybridized carbons (Fsp3) is 0.238. The molecule has 190 valence electrons. The number of hydrogen-bond acceptors (Lipinski definition) is 7. The third kappa shape index (κ3) is 3.80. The molecule has 16 heteroatoms. The van der Waals surface area contributed by atoms with E-state index in [4.69, 9.17) is 4.42 Å². The Morgan fingerprint density at radius 2 is 2.00 bits per heavy atom. The molecule has 1 aliphatic rings. The highest BCUT2D eigenvalue weighted by atomic mass is 19.4. The molecule has 37 heavy (non-hydrogen) atoms. The van der Waals surface area contributed by atoms with Gasteiger partial charge in [-0.1, -0.05) is 0 Å². The number of imidazole rings is 1. The highest BCUT2D eigenvalue weighted by molar-refractivity contribution is 5.90. The number of carbonyl (C=O) groups is 1. The fourth-order valence-electron chi connectivity index (χ4n) is 4.28. The number of aromatic amines is 1. The molecule has 0 radical (unpaired) electrons. The van der Waals surface area contributed by atoms with Crippen LogP contribution in [-0.2, 0) is 12.7 Å². The number of aromatic nitrogens is 8. The maximum absolute atomic E-state index is 13.6. The first-order valence-corrected chi connectivity index (χ1v) is 10.8. The molecule has 0 aliphatic carbocycles. The molecule has 0 aromatic carbocycles. The van der Waals surface area contributed by atoms with Crippen molar-refractivity contribution in [3.05, 3.63) is 71.5 Å². The number of nitrogens with one attached hydrogen (secondary N) is 1. The summed E-state index contributed by atoms with van der Waals surface area (Å²) in [4.78, 5) is 22.1. The second-order valence-corrected chi connectivity index (χ2v) is 8.11. The maximum atomic E-state index is 13.6. The first kappa shape index (κ1) is 22.8. The summed E-state index contributed by atoms with van der Waals surface area (Å²) in [5.74, 6) is -1.61. The predicted molar refractivity (Wildman–Crippen MR) is 112 cm³/mol. The van der Waals surface area contributed by atoms with Gasteiger partial charge in [0.05, 0.1) is 23.2 Å². The Labute approximate surface area is 202 Å². The first-order chi connectivity index (χ1) is 17.7. The topological polar surface area (TPSA) is 123 Å². The molecule has 6 rings (SSSR count). The summed E-state index contributed by atoms with van der Waals surface area (Å²) in [6.07, 6.45) is -3.45. The second-order valence-electron chi connectivity index (χ2n) is 8.11. The van der Waals surface area contributed by atoms with Gasteiger partial charge in [-0.2, -0.15) is 14.9 Å². The Kier molecular flexibility index (Phi) is 5.06. The quantitative estimate of drug-likeness (QED) is 0.361. The highest BCUT2D eigenvalue weighted by Crippen LogP contribution is 2.35. The van der Waals surface area contributed by atoms with Crippen molar-refractivity contribution in [1.29, 1.82) is 0 Å². The van der Waals surface area contributed by atoms with Crippen LogP contribution in [0.3, 0.4) is 0 Å². The van der Waals surface area contributed by atoms with Gasteiger partial charge in [0.25, 0.3) is 12.3 Å². The molecule has 0 saturated heterocycles. The van der Waals surface area contributed by atoms with Crippen LogP contribution in [0.1, 0.15) is 45.8 Å². The summed E-state index contributed by atoms with van der Waals surface area (Å²) in [5, 5.41) is 15.1. The molecule has 0 saturated carbocycles. The van der Waals surface area contributed by atoms with Crippen molar-refractivity contribution < 1.29 is 31.2 Å². The molecule has 0 spiro atoms. The van der Waals surface area contributed by atoms with Gasteiger partial charge in [0.1, 0.15) is 11.7 Å². The number of nitrogens with zero attached hydrogens (tertiary/aromatic N) is 8. The minimum atomic E-state index is -4.74. The lowest BCUT2D eigenvalue weighted by Gasteiger charge is -2.32. The van der Waals surface area contributed by atoms with Crippen molar-refractivity contribution in [1.82, 2.24) is 44.5 Å². The summed E-state index contributed by atoms with van der Waals surface area (Å²) >= 11 is 0. The first-order valence-electron chi connectivity index (χ1n) is 10.8. The van der Waals surface area contributed by atoms with Crippen molar-refractivity contribution >= 4 is 11.4 Å². The summed E-state index contributed by atoms with van der Waals surface area (Å²) in [6, 6.07) is 4.32. The molecule has 5 aromatic rings. The maximum Gasteiger partial charge on any atom is 0.504 e. The Bertz CT molecular complexity index is 1620. The average Bonchev–Trinajstić information content (AvgIpc) is 3.66. The van der Waals surface area contributed by atoms with Crippen molar-refractivity contribution in [2.75, 3.05) is 6.54 Å². The van der Waals surface area contributed by atoms with Gasteiger partial charge in [0.15, 0.2) is 0 Å². The Morgan fingerprint density at radius 3 is 2.76 bits per heavy atom. The number of pyridine rings is 1. The highest BCUT2D eigenvalue weighted by Gasteiger charge is 2.39. The lowest BCUT2D eigenvalue weighted by Crippen LogP contribution is -2.41. The largest absolute Gasteiger partial charge is 0.504 e. The number of rotatable bonds is 4. The van der Waals surface area contributed by atoms with Crippen LogP contribution < -0.4 is 0 Å². The smallest absolute Gasteiger partial charge is 0.411 e.